The Bertz CT molecular complexity index is 638. The number of hydrogen-bond donors (Lipinski definition) is 0. The van der Waals surface area contributed by atoms with Gasteiger partial charge in [-0.05, 0) is 35.2 Å². The van der Waals surface area contributed by atoms with Gasteiger partial charge in [-0.25, -0.2) is 0 Å². The highest BCUT2D eigenvalue weighted by Crippen LogP contribution is 2.33. The van der Waals surface area contributed by atoms with Crippen molar-refractivity contribution in [1.29, 1.82) is 5.26 Å². The third kappa shape index (κ3) is 1.96. The maximum Gasteiger partial charge on any atom is 0.231 e. The van der Waals surface area contributed by atoms with Crippen LogP contribution >= 0.6 is 11.3 Å². The number of nitrogens with zero attached hydrogens (tertiary/aromatic N) is 1. The second kappa shape index (κ2) is 4.55. The van der Waals surface area contributed by atoms with Crippen LogP contribution in [0.2, 0.25) is 0 Å². The summed E-state index contributed by atoms with van der Waals surface area (Å²) < 4.78 is 10.6. The first-order chi connectivity index (χ1) is 8.86. The first kappa shape index (κ1) is 10.9. The molecule has 0 unspecified atom stereocenters. The molecule has 2 heterocycles. The van der Waals surface area contributed by atoms with E-state index in [1.54, 1.807) is 11.3 Å². The van der Waals surface area contributed by atoms with Gasteiger partial charge in [0, 0.05) is 4.88 Å². The lowest BCUT2D eigenvalue weighted by Gasteiger charge is -1.99. The molecule has 0 bridgehead atoms. The summed E-state index contributed by atoms with van der Waals surface area (Å²) in [5.41, 5.74) is 1.59. The Morgan fingerprint density at radius 2 is 2.17 bits per heavy atom. The number of ether oxygens (including phenoxy) is 2. The number of rotatable bonds is 2. The van der Waals surface area contributed by atoms with E-state index in [0.29, 0.717) is 5.57 Å². The molecule has 1 aromatic heterocycles. The van der Waals surface area contributed by atoms with Gasteiger partial charge in [-0.15, -0.1) is 11.3 Å². The largest absolute Gasteiger partial charge is 0.454 e. The second-order valence-corrected chi connectivity index (χ2v) is 4.71. The lowest BCUT2D eigenvalue weighted by atomic mass is 10.1. The van der Waals surface area contributed by atoms with Gasteiger partial charge < -0.3 is 9.47 Å². The number of thiophene rings is 1. The molecular formula is C14H9NO2S. The van der Waals surface area contributed by atoms with Crippen LogP contribution in [-0.2, 0) is 0 Å². The van der Waals surface area contributed by atoms with Crippen LogP contribution in [-0.4, -0.2) is 6.79 Å². The minimum atomic E-state index is 0.262. The van der Waals surface area contributed by atoms with Crippen molar-refractivity contribution in [3.63, 3.8) is 0 Å². The van der Waals surface area contributed by atoms with Gasteiger partial charge in [-0.2, -0.15) is 5.26 Å². The summed E-state index contributed by atoms with van der Waals surface area (Å²) in [7, 11) is 0. The van der Waals surface area contributed by atoms with E-state index in [9.17, 15) is 5.26 Å². The van der Waals surface area contributed by atoms with Crippen LogP contribution in [0.1, 0.15) is 10.4 Å². The Hall–Kier alpha value is -2.25. The molecule has 0 aliphatic carbocycles. The molecule has 4 heteroatoms. The van der Waals surface area contributed by atoms with Crippen molar-refractivity contribution in [3.05, 3.63) is 46.2 Å². The normalized spacial score (nSPS) is 13.4. The predicted octanol–water partition coefficient (Wildman–Crippen LogP) is 3.54. The Morgan fingerprint density at radius 1 is 1.28 bits per heavy atom. The molecule has 1 aliphatic heterocycles. The molecule has 3 nitrogen and oxygen atoms in total. The molecule has 0 atom stereocenters. The third-order valence-corrected chi connectivity index (χ3v) is 3.52. The SMILES string of the molecule is N#C/C(=C\c1ccc2c(c1)OCO2)c1cccs1. The van der Waals surface area contributed by atoms with E-state index in [-0.39, 0.29) is 6.79 Å². The predicted molar refractivity (Wildman–Crippen MR) is 70.4 cm³/mol. The quantitative estimate of drug-likeness (QED) is 0.771. The third-order valence-electron chi connectivity index (χ3n) is 2.61. The highest BCUT2D eigenvalue weighted by Gasteiger charge is 2.13. The first-order valence-electron chi connectivity index (χ1n) is 5.42. The van der Waals surface area contributed by atoms with Crippen molar-refractivity contribution < 1.29 is 9.47 Å². The minimum Gasteiger partial charge on any atom is -0.454 e. The molecule has 0 radical (unpaired) electrons. The standard InChI is InChI=1S/C14H9NO2S/c15-8-11(14-2-1-5-18-14)6-10-3-4-12-13(7-10)17-9-16-12/h1-7H,9H2/b11-6+. The summed E-state index contributed by atoms with van der Waals surface area (Å²) in [5, 5.41) is 11.1. The van der Waals surface area contributed by atoms with Crippen molar-refractivity contribution >= 4 is 23.0 Å². The van der Waals surface area contributed by atoms with Gasteiger partial charge >= 0.3 is 0 Å². The van der Waals surface area contributed by atoms with Gasteiger partial charge in [-0.1, -0.05) is 12.1 Å². The molecule has 1 aliphatic rings. The fraction of sp³-hybridized carbons (Fsp3) is 0.0714. The molecular weight excluding hydrogens is 246 g/mol. The number of benzene rings is 1. The molecule has 88 valence electrons. The van der Waals surface area contributed by atoms with E-state index >= 15 is 0 Å². The Kier molecular flexibility index (Phi) is 2.75. The highest BCUT2D eigenvalue weighted by atomic mass is 32.1. The summed E-state index contributed by atoms with van der Waals surface area (Å²) in [6, 6.07) is 11.7. The summed E-state index contributed by atoms with van der Waals surface area (Å²) in [6.07, 6.45) is 1.85. The maximum atomic E-state index is 9.19. The van der Waals surface area contributed by atoms with E-state index < -0.39 is 0 Å². The number of nitriles is 1. The van der Waals surface area contributed by atoms with Crippen molar-refractivity contribution in [2.45, 2.75) is 0 Å². The zero-order valence-electron chi connectivity index (χ0n) is 9.42. The number of allylic oxidation sites excluding steroid dienone is 1. The van der Waals surface area contributed by atoms with Crippen molar-refractivity contribution in [1.82, 2.24) is 0 Å². The van der Waals surface area contributed by atoms with Crippen molar-refractivity contribution in [2.24, 2.45) is 0 Å². The zero-order valence-corrected chi connectivity index (χ0v) is 10.2. The van der Waals surface area contributed by atoms with Gasteiger partial charge in [0.2, 0.25) is 6.79 Å². The van der Waals surface area contributed by atoms with E-state index in [2.05, 4.69) is 6.07 Å². The van der Waals surface area contributed by atoms with Gasteiger partial charge in [0.05, 0.1) is 5.57 Å². The van der Waals surface area contributed by atoms with Crippen LogP contribution in [0.15, 0.2) is 35.7 Å². The van der Waals surface area contributed by atoms with Gasteiger partial charge in [-0.3, -0.25) is 0 Å². The first-order valence-corrected chi connectivity index (χ1v) is 6.30. The summed E-state index contributed by atoms with van der Waals surface area (Å²) in [6.45, 7) is 0.262. The van der Waals surface area contributed by atoms with Crippen molar-refractivity contribution in [2.75, 3.05) is 6.79 Å². The number of fused-ring (bicyclic) bond motifs is 1. The average Bonchev–Trinajstić information content (AvgIpc) is 3.06. The minimum absolute atomic E-state index is 0.262. The van der Waals surface area contributed by atoms with Crippen LogP contribution in [0.5, 0.6) is 11.5 Å². The Morgan fingerprint density at radius 3 is 2.94 bits per heavy atom. The molecule has 3 rings (SSSR count). The number of hydrogen-bond acceptors (Lipinski definition) is 4. The van der Waals surface area contributed by atoms with Crippen LogP contribution in [0, 0.1) is 11.3 Å². The molecule has 0 spiro atoms. The Balaban J connectivity index is 1.98. The molecule has 0 N–H and O–H groups in total. The van der Waals surface area contributed by atoms with E-state index in [1.807, 2.05) is 41.8 Å². The smallest absolute Gasteiger partial charge is 0.231 e. The topological polar surface area (TPSA) is 42.2 Å². The lowest BCUT2D eigenvalue weighted by Crippen LogP contribution is -1.92. The monoisotopic (exact) mass is 255 g/mol. The summed E-state index contributed by atoms with van der Waals surface area (Å²) >= 11 is 1.55. The lowest BCUT2D eigenvalue weighted by molar-refractivity contribution is 0.174. The zero-order chi connectivity index (χ0) is 12.4. The summed E-state index contributed by atoms with van der Waals surface area (Å²) in [4.78, 5) is 0.968. The van der Waals surface area contributed by atoms with Crippen LogP contribution in [0.25, 0.3) is 11.6 Å². The van der Waals surface area contributed by atoms with E-state index in [0.717, 1.165) is 21.9 Å². The van der Waals surface area contributed by atoms with E-state index in [4.69, 9.17) is 9.47 Å². The molecule has 0 fully saturated rings. The fourth-order valence-corrected chi connectivity index (χ4v) is 2.45. The van der Waals surface area contributed by atoms with Gasteiger partial charge in [0.15, 0.2) is 11.5 Å². The molecule has 18 heavy (non-hydrogen) atoms. The molecule has 2 aromatic rings. The average molecular weight is 255 g/mol. The van der Waals surface area contributed by atoms with Crippen molar-refractivity contribution in [3.8, 4) is 17.6 Å². The van der Waals surface area contributed by atoms with Crippen LogP contribution < -0.4 is 9.47 Å². The molecule has 0 saturated heterocycles. The molecule has 0 saturated carbocycles. The van der Waals surface area contributed by atoms with Crippen LogP contribution in [0.3, 0.4) is 0 Å². The van der Waals surface area contributed by atoms with Gasteiger partial charge in [0.25, 0.3) is 0 Å². The maximum absolute atomic E-state index is 9.19. The second-order valence-electron chi connectivity index (χ2n) is 3.76. The highest BCUT2D eigenvalue weighted by molar-refractivity contribution is 7.11. The fourth-order valence-electron chi connectivity index (χ4n) is 1.76. The van der Waals surface area contributed by atoms with Crippen LogP contribution in [0.4, 0.5) is 0 Å². The Labute approximate surface area is 109 Å². The summed E-state index contributed by atoms with van der Waals surface area (Å²) in [5.74, 6) is 1.48. The van der Waals surface area contributed by atoms with Gasteiger partial charge in [0.1, 0.15) is 6.07 Å². The molecule has 0 amide bonds. The van der Waals surface area contributed by atoms with E-state index in [1.165, 1.54) is 0 Å². The molecule has 1 aromatic carbocycles.